The zero-order valence-electron chi connectivity index (χ0n) is 15.0. The molecule has 3 rings (SSSR count). The van der Waals surface area contributed by atoms with Crippen molar-refractivity contribution >= 4 is 24.2 Å². The molecule has 0 spiro atoms. The smallest absolute Gasteiger partial charge is 0.251 e. The molecule has 0 unspecified atom stereocenters. The second-order valence-electron chi connectivity index (χ2n) is 6.30. The monoisotopic (exact) mass is 396 g/mol. The lowest BCUT2D eigenvalue weighted by molar-refractivity contribution is -0.122. The molecule has 1 aliphatic heterocycles. The number of benzene rings is 1. The molecular formula is C17H22ClFN6O2. The van der Waals surface area contributed by atoms with Crippen molar-refractivity contribution in [3.63, 3.8) is 0 Å². The standard InChI is InChI=1S/C17H21FN6O2.ClH/c1-10-5-11(3-4-14(10)18)16(25)21-7-12-9-24(23-22-12)13-6-15(20-8-13)17(26)19-2;/h3-5,9,13,15,20H,6-8H2,1-2H3,(H,19,26)(H,21,25);1H/t13-,15+;/m1./s1. The predicted octanol–water partition coefficient (Wildman–Crippen LogP) is 0.726. The van der Waals surface area contributed by atoms with E-state index < -0.39 is 0 Å². The molecule has 3 N–H and O–H groups in total. The Morgan fingerprint density at radius 3 is 2.89 bits per heavy atom. The van der Waals surface area contributed by atoms with E-state index in [0.717, 1.165) is 0 Å². The summed E-state index contributed by atoms with van der Waals surface area (Å²) in [5.74, 6) is -0.690. The maximum Gasteiger partial charge on any atom is 0.251 e. The number of rotatable bonds is 5. The molecule has 2 aromatic rings. The number of likely N-dealkylation sites (N-methyl/N-ethyl adjacent to an activating group) is 1. The molecule has 1 fully saturated rings. The summed E-state index contributed by atoms with van der Waals surface area (Å²) >= 11 is 0. The summed E-state index contributed by atoms with van der Waals surface area (Å²) in [7, 11) is 1.61. The Hall–Kier alpha value is -2.52. The molecule has 0 saturated carbocycles. The number of carbonyl (C=O) groups is 2. The van der Waals surface area contributed by atoms with Crippen molar-refractivity contribution in [3.05, 3.63) is 47.0 Å². The van der Waals surface area contributed by atoms with Crippen molar-refractivity contribution in [2.45, 2.75) is 32.0 Å². The normalized spacial score (nSPS) is 18.6. The van der Waals surface area contributed by atoms with E-state index >= 15 is 0 Å². The van der Waals surface area contributed by atoms with Gasteiger partial charge in [-0.25, -0.2) is 9.07 Å². The van der Waals surface area contributed by atoms with Crippen LogP contribution in [0.1, 0.15) is 34.1 Å². The van der Waals surface area contributed by atoms with Crippen LogP contribution in [0.3, 0.4) is 0 Å². The largest absolute Gasteiger partial charge is 0.358 e. The first-order valence-corrected chi connectivity index (χ1v) is 8.38. The van der Waals surface area contributed by atoms with Gasteiger partial charge in [0.05, 0.1) is 24.8 Å². The molecule has 8 nitrogen and oxygen atoms in total. The summed E-state index contributed by atoms with van der Waals surface area (Å²) in [6.45, 7) is 2.45. The average molecular weight is 397 g/mol. The van der Waals surface area contributed by atoms with Gasteiger partial charge in [-0.2, -0.15) is 0 Å². The summed E-state index contributed by atoms with van der Waals surface area (Å²) < 4.78 is 15.0. The minimum absolute atomic E-state index is 0. The van der Waals surface area contributed by atoms with Crippen LogP contribution in [0.4, 0.5) is 4.39 Å². The fourth-order valence-electron chi connectivity index (χ4n) is 2.92. The van der Waals surface area contributed by atoms with Gasteiger partial charge in [0.25, 0.3) is 5.91 Å². The van der Waals surface area contributed by atoms with E-state index in [2.05, 4.69) is 26.3 Å². The highest BCUT2D eigenvalue weighted by molar-refractivity contribution is 5.94. The van der Waals surface area contributed by atoms with Gasteiger partial charge in [-0.15, -0.1) is 17.5 Å². The van der Waals surface area contributed by atoms with E-state index in [1.165, 1.54) is 18.2 Å². The number of amides is 2. The van der Waals surface area contributed by atoms with Crippen molar-refractivity contribution < 1.29 is 14.0 Å². The van der Waals surface area contributed by atoms with E-state index in [4.69, 9.17) is 0 Å². The van der Waals surface area contributed by atoms with Crippen LogP contribution in [0.2, 0.25) is 0 Å². The first-order valence-electron chi connectivity index (χ1n) is 8.38. The number of hydrogen-bond donors (Lipinski definition) is 3. The van der Waals surface area contributed by atoms with Crippen molar-refractivity contribution in [2.24, 2.45) is 0 Å². The molecule has 1 aliphatic rings. The number of nitrogens with zero attached hydrogens (tertiary/aromatic N) is 3. The van der Waals surface area contributed by atoms with E-state index in [9.17, 15) is 14.0 Å². The molecule has 2 atom stereocenters. The Balaban J connectivity index is 0.00000261. The lowest BCUT2D eigenvalue weighted by Crippen LogP contribution is -2.38. The fraction of sp³-hybridized carbons (Fsp3) is 0.412. The van der Waals surface area contributed by atoms with Crippen LogP contribution in [0.25, 0.3) is 0 Å². The molecule has 2 amide bonds. The van der Waals surface area contributed by atoms with Crippen molar-refractivity contribution in [1.29, 1.82) is 0 Å². The lowest BCUT2D eigenvalue weighted by atomic mass is 10.1. The quantitative estimate of drug-likeness (QED) is 0.691. The van der Waals surface area contributed by atoms with Crippen LogP contribution in [0.5, 0.6) is 0 Å². The Kier molecular flexibility index (Phi) is 6.86. The Bertz CT molecular complexity index is 828. The van der Waals surface area contributed by atoms with E-state index in [0.29, 0.717) is 29.8 Å². The van der Waals surface area contributed by atoms with Crippen molar-refractivity contribution in [2.75, 3.05) is 13.6 Å². The molecule has 1 aromatic carbocycles. The van der Waals surface area contributed by atoms with E-state index in [1.807, 2.05) is 0 Å². The van der Waals surface area contributed by atoms with Gasteiger partial charge < -0.3 is 16.0 Å². The average Bonchev–Trinajstić information content (AvgIpc) is 3.30. The van der Waals surface area contributed by atoms with Gasteiger partial charge in [0, 0.05) is 19.2 Å². The second-order valence-corrected chi connectivity index (χ2v) is 6.30. The molecule has 1 saturated heterocycles. The predicted molar refractivity (Wildman–Crippen MR) is 99.1 cm³/mol. The molecule has 2 heterocycles. The van der Waals surface area contributed by atoms with Gasteiger partial charge in [0.2, 0.25) is 5.91 Å². The third kappa shape index (κ3) is 4.81. The van der Waals surface area contributed by atoms with Gasteiger partial charge in [0.1, 0.15) is 11.5 Å². The zero-order valence-corrected chi connectivity index (χ0v) is 15.8. The van der Waals surface area contributed by atoms with Gasteiger partial charge in [-0.3, -0.25) is 9.59 Å². The Morgan fingerprint density at radius 1 is 1.41 bits per heavy atom. The zero-order chi connectivity index (χ0) is 18.7. The number of halogens is 2. The summed E-state index contributed by atoms with van der Waals surface area (Å²) in [6, 6.07) is 4.02. The summed E-state index contributed by atoms with van der Waals surface area (Å²) in [5.41, 5.74) is 1.42. The fourth-order valence-corrected chi connectivity index (χ4v) is 2.92. The number of aromatic nitrogens is 3. The topological polar surface area (TPSA) is 101 Å². The molecule has 146 valence electrons. The second kappa shape index (κ2) is 8.92. The highest BCUT2D eigenvalue weighted by atomic mass is 35.5. The van der Waals surface area contributed by atoms with Gasteiger partial charge in [0.15, 0.2) is 0 Å². The molecule has 27 heavy (non-hydrogen) atoms. The minimum atomic E-state index is -0.343. The SMILES string of the molecule is CNC(=O)[C@@H]1C[C@@H](n2cc(CNC(=O)c3ccc(F)c(C)c3)nn2)CN1.Cl. The molecular weight excluding hydrogens is 375 g/mol. The Morgan fingerprint density at radius 2 is 2.19 bits per heavy atom. The number of hydrogen-bond acceptors (Lipinski definition) is 5. The first kappa shape index (κ1) is 20.8. The third-order valence-corrected chi connectivity index (χ3v) is 4.45. The van der Waals surface area contributed by atoms with Crippen LogP contribution in [-0.2, 0) is 11.3 Å². The maximum absolute atomic E-state index is 13.3. The highest BCUT2D eigenvalue weighted by Crippen LogP contribution is 2.19. The highest BCUT2D eigenvalue weighted by Gasteiger charge is 2.30. The van der Waals surface area contributed by atoms with Crippen LogP contribution >= 0.6 is 12.4 Å². The third-order valence-electron chi connectivity index (χ3n) is 4.45. The van der Waals surface area contributed by atoms with E-state index in [-0.39, 0.29) is 48.7 Å². The van der Waals surface area contributed by atoms with Gasteiger partial charge in [-0.05, 0) is 37.1 Å². The first-order chi connectivity index (χ1) is 12.5. The Labute approximate surface area is 162 Å². The van der Waals surface area contributed by atoms with Gasteiger partial charge >= 0.3 is 0 Å². The number of carbonyl (C=O) groups excluding carboxylic acids is 2. The van der Waals surface area contributed by atoms with Crippen molar-refractivity contribution in [3.8, 4) is 0 Å². The molecule has 0 radical (unpaired) electrons. The van der Waals surface area contributed by atoms with E-state index in [1.54, 1.807) is 24.9 Å². The molecule has 1 aromatic heterocycles. The van der Waals surface area contributed by atoms with Crippen LogP contribution in [-0.4, -0.2) is 46.4 Å². The van der Waals surface area contributed by atoms with Crippen LogP contribution in [0.15, 0.2) is 24.4 Å². The summed E-state index contributed by atoms with van der Waals surface area (Å²) in [5, 5.41) is 16.7. The van der Waals surface area contributed by atoms with Crippen LogP contribution < -0.4 is 16.0 Å². The molecule has 10 heteroatoms. The maximum atomic E-state index is 13.3. The minimum Gasteiger partial charge on any atom is -0.358 e. The summed E-state index contributed by atoms with van der Waals surface area (Å²) in [6.07, 6.45) is 2.39. The molecule has 0 aliphatic carbocycles. The van der Waals surface area contributed by atoms with Crippen LogP contribution in [0, 0.1) is 12.7 Å². The van der Waals surface area contributed by atoms with Crippen molar-refractivity contribution in [1.82, 2.24) is 30.9 Å². The number of nitrogens with one attached hydrogen (secondary N) is 3. The van der Waals surface area contributed by atoms with Gasteiger partial charge in [-0.1, -0.05) is 5.21 Å². The molecule has 0 bridgehead atoms. The number of aryl methyl sites for hydroxylation is 1. The lowest BCUT2D eigenvalue weighted by Gasteiger charge is -2.09. The summed E-state index contributed by atoms with van der Waals surface area (Å²) in [4.78, 5) is 23.8.